The molecule has 1 N–H and O–H groups in total. The summed E-state index contributed by atoms with van der Waals surface area (Å²) in [6.45, 7) is 10.4. The van der Waals surface area contributed by atoms with Crippen LogP contribution >= 0.6 is 11.6 Å². The van der Waals surface area contributed by atoms with Crippen LogP contribution in [0.4, 0.5) is 5.82 Å². The second kappa shape index (κ2) is 12.3. The molecule has 0 amide bonds. The predicted octanol–water partition coefficient (Wildman–Crippen LogP) is 5.93. The highest BCUT2D eigenvalue weighted by Gasteiger charge is 2.24. The number of rotatable bonds is 12. The Hall–Kier alpha value is -1.44. The van der Waals surface area contributed by atoms with E-state index in [2.05, 4.69) is 48.7 Å². The molecule has 2 aromatic rings. The van der Waals surface area contributed by atoms with Crippen molar-refractivity contribution in [2.24, 2.45) is 5.92 Å². The molecule has 1 aliphatic carbocycles. The minimum absolute atomic E-state index is 0.291. The number of anilines is 1. The van der Waals surface area contributed by atoms with Crippen molar-refractivity contribution in [2.45, 2.75) is 90.5 Å². The fourth-order valence-electron chi connectivity index (χ4n) is 5.36. The fraction of sp³-hybridized carbons (Fsp3) is 0.800. The van der Waals surface area contributed by atoms with Gasteiger partial charge in [-0.1, -0.05) is 39.5 Å². The molecule has 33 heavy (non-hydrogen) atoms. The number of piperidine rings is 1. The highest BCUT2D eigenvalue weighted by atomic mass is 35.5. The number of aromatic nitrogens is 4. The van der Waals surface area contributed by atoms with Gasteiger partial charge >= 0.3 is 0 Å². The first-order valence-electron chi connectivity index (χ1n) is 13.3. The molecule has 0 spiro atoms. The summed E-state index contributed by atoms with van der Waals surface area (Å²) in [5.41, 5.74) is 5.21. The maximum absolute atomic E-state index is 6.32. The maximum Gasteiger partial charge on any atom is 0.226 e. The Labute approximate surface area is 204 Å². The van der Waals surface area contributed by atoms with Crippen molar-refractivity contribution in [3.8, 4) is 0 Å². The molecule has 4 rings (SSSR count). The third-order valence-electron chi connectivity index (χ3n) is 7.50. The molecule has 0 radical (unpaired) electrons. The zero-order valence-corrected chi connectivity index (χ0v) is 21.4. The molecule has 184 valence electrons. The van der Waals surface area contributed by atoms with Crippen LogP contribution in [0, 0.1) is 5.92 Å². The van der Waals surface area contributed by atoms with E-state index in [0.29, 0.717) is 11.3 Å². The first-order valence-corrected chi connectivity index (χ1v) is 13.7. The summed E-state index contributed by atoms with van der Waals surface area (Å²) in [5.74, 6) is 1.55. The molecular weight excluding hydrogens is 434 g/mol. The minimum atomic E-state index is 0.291. The summed E-state index contributed by atoms with van der Waals surface area (Å²) in [4.78, 5) is 16.4. The van der Waals surface area contributed by atoms with Gasteiger partial charge in [-0.15, -0.1) is 0 Å². The molecule has 7 nitrogen and oxygen atoms in total. The second-order valence-corrected chi connectivity index (χ2v) is 10.3. The molecule has 1 saturated heterocycles. The minimum Gasteiger partial charge on any atom is -0.312 e. The zero-order valence-electron chi connectivity index (χ0n) is 20.6. The normalized spacial score (nSPS) is 18.7. The monoisotopic (exact) mass is 475 g/mol. The van der Waals surface area contributed by atoms with Crippen LogP contribution < -0.4 is 5.43 Å². The Morgan fingerprint density at radius 2 is 1.70 bits per heavy atom. The van der Waals surface area contributed by atoms with Crippen LogP contribution in [0.15, 0.2) is 6.33 Å². The lowest BCUT2D eigenvalue weighted by atomic mass is 9.94. The van der Waals surface area contributed by atoms with Crippen LogP contribution in [-0.4, -0.2) is 62.2 Å². The summed E-state index contributed by atoms with van der Waals surface area (Å²) in [5, 5.41) is 2.58. The number of nitrogens with zero attached hydrogens (tertiary/aromatic N) is 6. The number of halogens is 1. The molecule has 1 aliphatic heterocycles. The molecule has 1 saturated carbocycles. The molecule has 2 aliphatic rings. The lowest BCUT2D eigenvalue weighted by Crippen LogP contribution is -2.39. The van der Waals surface area contributed by atoms with Gasteiger partial charge in [-0.3, -0.25) is 0 Å². The summed E-state index contributed by atoms with van der Waals surface area (Å²) < 4.78 is 2.20. The van der Waals surface area contributed by atoms with Crippen molar-refractivity contribution in [1.29, 1.82) is 0 Å². The largest absolute Gasteiger partial charge is 0.312 e. The van der Waals surface area contributed by atoms with Crippen LogP contribution in [-0.2, 0) is 0 Å². The van der Waals surface area contributed by atoms with Crippen LogP contribution in [0.1, 0.15) is 90.5 Å². The Bertz CT molecular complexity index is 848. The zero-order chi connectivity index (χ0) is 23.0. The number of nitrogens with one attached hydrogen (secondary N) is 1. The molecule has 8 heteroatoms. The Morgan fingerprint density at radius 1 is 1.00 bits per heavy atom. The van der Waals surface area contributed by atoms with E-state index >= 15 is 0 Å². The van der Waals surface area contributed by atoms with Crippen LogP contribution in [0.3, 0.4) is 0 Å². The average Bonchev–Trinajstić information content (AvgIpc) is 3.49. The van der Waals surface area contributed by atoms with Crippen LogP contribution in [0.5, 0.6) is 0 Å². The Balaban J connectivity index is 1.31. The van der Waals surface area contributed by atoms with E-state index in [1.807, 2.05) is 6.33 Å². The third-order valence-corrected chi connectivity index (χ3v) is 7.67. The topological polar surface area (TPSA) is 62.1 Å². The lowest BCUT2D eigenvalue weighted by Gasteiger charge is -2.33. The van der Waals surface area contributed by atoms with Crippen molar-refractivity contribution < 1.29 is 0 Å². The van der Waals surface area contributed by atoms with Gasteiger partial charge in [0, 0.05) is 19.1 Å². The molecule has 2 aromatic heterocycles. The van der Waals surface area contributed by atoms with Crippen molar-refractivity contribution in [1.82, 2.24) is 29.4 Å². The fourth-order valence-corrected chi connectivity index (χ4v) is 5.53. The number of hydrogen-bond acceptors (Lipinski definition) is 6. The third kappa shape index (κ3) is 6.58. The molecule has 0 aromatic carbocycles. The van der Waals surface area contributed by atoms with Crippen LogP contribution in [0.25, 0.3) is 11.2 Å². The highest BCUT2D eigenvalue weighted by molar-refractivity contribution is 6.28. The molecular formula is C25H42ClN7. The van der Waals surface area contributed by atoms with E-state index in [9.17, 15) is 0 Å². The molecule has 3 heterocycles. The highest BCUT2D eigenvalue weighted by Crippen LogP contribution is 2.33. The van der Waals surface area contributed by atoms with Gasteiger partial charge in [0.2, 0.25) is 5.28 Å². The molecule has 0 atom stereocenters. The van der Waals surface area contributed by atoms with E-state index in [1.54, 1.807) is 0 Å². The predicted molar refractivity (Wildman–Crippen MR) is 137 cm³/mol. The van der Waals surface area contributed by atoms with Gasteiger partial charge in [-0.2, -0.15) is 9.97 Å². The Kier molecular flexibility index (Phi) is 9.21. The standard InChI is InChI=1S/C25H42ClN7/c1-3-5-14-31(15-6-4-2)16-11-20-12-17-32(18-13-20)30-23-22-24(29-25(26)28-23)33(19-27-22)21-9-7-8-10-21/h19-21H,3-18H2,1-2H3,(H,28,29,30). The van der Waals surface area contributed by atoms with Crippen LogP contribution in [0.2, 0.25) is 5.28 Å². The van der Waals surface area contributed by atoms with Gasteiger partial charge in [0.1, 0.15) is 0 Å². The van der Waals surface area contributed by atoms with Crippen molar-refractivity contribution in [3.63, 3.8) is 0 Å². The number of imidazole rings is 1. The quantitative estimate of drug-likeness (QED) is 0.384. The lowest BCUT2D eigenvalue weighted by molar-refractivity contribution is 0.182. The SMILES string of the molecule is CCCCN(CCCC)CCC1CCN(Nc2nc(Cl)nc3c2ncn3C2CCCC2)CC1. The van der Waals surface area contributed by atoms with E-state index in [4.69, 9.17) is 11.6 Å². The summed E-state index contributed by atoms with van der Waals surface area (Å²) in [6.07, 6.45) is 15.8. The first-order chi connectivity index (χ1) is 16.2. The molecule has 0 bridgehead atoms. The first kappa shape index (κ1) is 24.7. The second-order valence-electron chi connectivity index (χ2n) is 9.98. The van der Waals surface area contributed by atoms with Crippen molar-refractivity contribution >= 4 is 28.6 Å². The number of hydrogen-bond donors (Lipinski definition) is 1. The van der Waals surface area contributed by atoms with Gasteiger partial charge in [0.05, 0.1) is 6.33 Å². The number of fused-ring (bicyclic) bond motifs is 1. The summed E-state index contributed by atoms with van der Waals surface area (Å²) in [6, 6.07) is 0.485. The van der Waals surface area contributed by atoms with Gasteiger partial charge in [0.15, 0.2) is 17.0 Å². The summed E-state index contributed by atoms with van der Waals surface area (Å²) >= 11 is 6.32. The van der Waals surface area contributed by atoms with E-state index in [1.165, 1.54) is 90.3 Å². The van der Waals surface area contributed by atoms with E-state index < -0.39 is 0 Å². The Morgan fingerprint density at radius 3 is 2.36 bits per heavy atom. The maximum atomic E-state index is 6.32. The van der Waals surface area contributed by atoms with Gasteiger partial charge < -0.3 is 14.9 Å². The van der Waals surface area contributed by atoms with E-state index in [0.717, 1.165) is 36.0 Å². The van der Waals surface area contributed by atoms with Crippen molar-refractivity contribution in [3.05, 3.63) is 11.6 Å². The number of hydrazine groups is 1. The average molecular weight is 476 g/mol. The molecule has 2 fully saturated rings. The van der Waals surface area contributed by atoms with Gasteiger partial charge in [-0.25, -0.2) is 9.99 Å². The van der Waals surface area contributed by atoms with Gasteiger partial charge in [-0.05, 0) is 82.1 Å². The van der Waals surface area contributed by atoms with E-state index in [-0.39, 0.29) is 0 Å². The number of unbranched alkanes of at least 4 members (excludes halogenated alkanes) is 2. The van der Waals surface area contributed by atoms with Crippen molar-refractivity contribution in [2.75, 3.05) is 38.1 Å². The van der Waals surface area contributed by atoms with Gasteiger partial charge in [0.25, 0.3) is 0 Å². The summed E-state index contributed by atoms with van der Waals surface area (Å²) in [7, 11) is 0. The smallest absolute Gasteiger partial charge is 0.226 e. The molecule has 0 unspecified atom stereocenters.